The van der Waals surface area contributed by atoms with Gasteiger partial charge in [0.2, 0.25) is 5.91 Å². The van der Waals surface area contributed by atoms with E-state index in [2.05, 4.69) is 5.32 Å². The van der Waals surface area contributed by atoms with Gasteiger partial charge in [-0.05, 0) is 18.4 Å². The van der Waals surface area contributed by atoms with Crippen molar-refractivity contribution in [2.75, 3.05) is 19.6 Å². The highest BCUT2D eigenvalue weighted by Gasteiger charge is 2.52. The molecule has 2 heterocycles. The molecule has 0 aromatic heterocycles. The van der Waals surface area contributed by atoms with E-state index in [9.17, 15) is 19.2 Å². The second-order valence-electron chi connectivity index (χ2n) is 6.61. The highest BCUT2D eigenvalue weighted by atomic mass is 16.4. The number of rotatable bonds is 5. The summed E-state index contributed by atoms with van der Waals surface area (Å²) in [5.74, 6) is -2.42. The Bertz CT molecular complexity index is 750. The number of aliphatic carboxylic acids is 1. The van der Waals surface area contributed by atoms with Crippen molar-refractivity contribution in [3.8, 4) is 0 Å². The smallest absolute Gasteiger partial charge is 0.325 e. The van der Waals surface area contributed by atoms with Gasteiger partial charge >= 0.3 is 12.0 Å². The average Bonchev–Trinajstić information content (AvgIpc) is 3.22. The number of carboxylic acids is 1. The third-order valence-electron chi connectivity index (χ3n) is 5.16. The quantitative estimate of drug-likeness (QED) is 0.756. The van der Waals surface area contributed by atoms with Crippen LogP contribution in [0.5, 0.6) is 0 Å². The number of hydrogen-bond donors (Lipinski definition) is 2. The molecular weight excluding hydrogens is 338 g/mol. The van der Waals surface area contributed by atoms with Gasteiger partial charge in [-0.3, -0.25) is 19.3 Å². The van der Waals surface area contributed by atoms with E-state index in [0.717, 1.165) is 4.90 Å². The molecule has 8 heteroatoms. The topological polar surface area (TPSA) is 107 Å². The predicted molar refractivity (Wildman–Crippen MR) is 91.0 cm³/mol. The molecule has 2 N–H and O–H groups in total. The standard InChI is InChI=1S/C18H21N3O5/c1-2-18(13-6-4-3-5-7-13)16(25)21(17(26)19-18)11-14(22)20-9-8-12(10-20)15(23)24/h3-7,12H,2,8-11H2,1H3,(H,19,26)(H,23,24)/t12-,18+/m1/s1. The molecule has 0 bridgehead atoms. The van der Waals surface area contributed by atoms with Gasteiger partial charge in [-0.2, -0.15) is 0 Å². The summed E-state index contributed by atoms with van der Waals surface area (Å²) in [7, 11) is 0. The number of carboxylic acid groups (broad SMARTS) is 1. The highest BCUT2D eigenvalue weighted by Crippen LogP contribution is 2.32. The molecular formula is C18H21N3O5. The number of nitrogens with one attached hydrogen (secondary N) is 1. The summed E-state index contributed by atoms with van der Waals surface area (Å²) in [5, 5.41) is 11.8. The van der Waals surface area contributed by atoms with E-state index in [-0.39, 0.29) is 13.1 Å². The number of nitrogens with zero attached hydrogens (tertiary/aromatic N) is 2. The lowest BCUT2D eigenvalue weighted by Crippen LogP contribution is -2.45. The van der Waals surface area contributed by atoms with E-state index in [1.165, 1.54) is 4.90 Å². The van der Waals surface area contributed by atoms with Crippen LogP contribution in [0.3, 0.4) is 0 Å². The molecule has 2 aliphatic rings. The first-order valence-electron chi connectivity index (χ1n) is 8.59. The van der Waals surface area contributed by atoms with Crippen LogP contribution in [0, 0.1) is 5.92 Å². The molecule has 2 aliphatic heterocycles. The van der Waals surface area contributed by atoms with E-state index in [1.54, 1.807) is 31.2 Å². The summed E-state index contributed by atoms with van der Waals surface area (Å²) in [5.41, 5.74) is -0.504. The zero-order chi connectivity index (χ0) is 18.9. The molecule has 3 rings (SSSR count). The Morgan fingerprint density at radius 3 is 2.54 bits per heavy atom. The summed E-state index contributed by atoms with van der Waals surface area (Å²) < 4.78 is 0. The highest BCUT2D eigenvalue weighted by molar-refractivity contribution is 6.09. The Morgan fingerprint density at radius 2 is 1.96 bits per heavy atom. The second-order valence-corrected chi connectivity index (χ2v) is 6.61. The van der Waals surface area contributed by atoms with Crippen LogP contribution in [0.15, 0.2) is 30.3 Å². The summed E-state index contributed by atoms with van der Waals surface area (Å²) in [4.78, 5) is 51.2. The molecule has 1 aromatic rings. The van der Waals surface area contributed by atoms with Crippen molar-refractivity contribution in [1.29, 1.82) is 0 Å². The lowest BCUT2D eigenvalue weighted by molar-refractivity contribution is -0.142. The van der Waals surface area contributed by atoms with Gasteiger partial charge in [-0.1, -0.05) is 37.3 Å². The lowest BCUT2D eigenvalue weighted by atomic mass is 9.87. The van der Waals surface area contributed by atoms with Gasteiger partial charge < -0.3 is 15.3 Å². The van der Waals surface area contributed by atoms with Crippen LogP contribution in [0.2, 0.25) is 0 Å². The molecule has 2 saturated heterocycles. The number of imide groups is 1. The van der Waals surface area contributed by atoms with Gasteiger partial charge in [0.25, 0.3) is 5.91 Å². The molecule has 0 unspecified atom stereocenters. The Hall–Kier alpha value is -2.90. The fourth-order valence-corrected chi connectivity index (χ4v) is 3.56. The van der Waals surface area contributed by atoms with Crippen molar-refractivity contribution >= 4 is 23.8 Å². The van der Waals surface area contributed by atoms with Crippen LogP contribution in [0.4, 0.5) is 4.79 Å². The fraction of sp³-hybridized carbons (Fsp3) is 0.444. The molecule has 8 nitrogen and oxygen atoms in total. The first kappa shape index (κ1) is 17.9. The third-order valence-corrected chi connectivity index (χ3v) is 5.16. The molecule has 2 fully saturated rings. The van der Waals surface area contributed by atoms with Gasteiger partial charge in [0.1, 0.15) is 12.1 Å². The number of hydrogen-bond acceptors (Lipinski definition) is 4. The third kappa shape index (κ3) is 2.91. The maximum absolute atomic E-state index is 13.0. The van der Waals surface area contributed by atoms with Crippen molar-refractivity contribution < 1.29 is 24.3 Å². The molecule has 0 aliphatic carbocycles. The monoisotopic (exact) mass is 359 g/mol. The predicted octanol–water partition coefficient (Wildman–Crippen LogP) is 0.777. The van der Waals surface area contributed by atoms with Crippen molar-refractivity contribution in [3.63, 3.8) is 0 Å². The molecule has 4 amide bonds. The zero-order valence-corrected chi connectivity index (χ0v) is 14.5. The van der Waals surface area contributed by atoms with Crippen LogP contribution in [-0.2, 0) is 19.9 Å². The lowest BCUT2D eigenvalue weighted by Gasteiger charge is -2.26. The largest absolute Gasteiger partial charge is 0.481 e. The maximum Gasteiger partial charge on any atom is 0.325 e. The Labute approximate surface area is 150 Å². The zero-order valence-electron chi connectivity index (χ0n) is 14.5. The molecule has 0 radical (unpaired) electrons. The molecule has 26 heavy (non-hydrogen) atoms. The fourth-order valence-electron chi connectivity index (χ4n) is 3.56. The second kappa shape index (κ2) is 6.78. The Kier molecular flexibility index (Phi) is 4.67. The maximum atomic E-state index is 13.0. The number of urea groups is 1. The number of amides is 4. The van der Waals surface area contributed by atoms with Crippen LogP contribution in [0.1, 0.15) is 25.3 Å². The van der Waals surface area contributed by atoms with E-state index in [0.29, 0.717) is 24.9 Å². The van der Waals surface area contributed by atoms with Crippen LogP contribution in [0.25, 0.3) is 0 Å². The molecule has 0 saturated carbocycles. The minimum atomic E-state index is -1.17. The molecule has 1 aromatic carbocycles. The van der Waals surface area contributed by atoms with Gasteiger partial charge in [0.05, 0.1) is 5.92 Å². The number of likely N-dealkylation sites (tertiary alicyclic amines) is 1. The molecule has 138 valence electrons. The van der Waals surface area contributed by atoms with Crippen molar-refractivity contribution in [2.45, 2.75) is 25.3 Å². The van der Waals surface area contributed by atoms with E-state index >= 15 is 0 Å². The number of carbonyl (C=O) groups is 4. The van der Waals surface area contributed by atoms with Crippen molar-refractivity contribution in [1.82, 2.24) is 15.1 Å². The van der Waals surface area contributed by atoms with Gasteiger partial charge in [0, 0.05) is 13.1 Å². The van der Waals surface area contributed by atoms with Crippen molar-refractivity contribution in [3.05, 3.63) is 35.9 Å². The molecule has 2 atom stereocenters. The Balaban J connectivity index is 1.75. The van der Waals surface area contributed by atoms with E-state index < -0.39 is 35.3 Å². The Morgan fingerprint density at radius 1 is 1.27 bits per heavy atom. The molecule has 0 spiro atoms. The minimum Gasteiger partial charge on any atom is -0.481 e. The SMILES string of the molecule is CC[C@@]1(c2ccccc2)NC(=O)N(CC(=O)N2CC[C@@H](C(=O)O)C2)C1=O. The summed E-state index contributed by atoms with van der Waals surface area (Å²) in [6.07, 6.45) is 0.737. The van der Waals surface area contributed by atoms with Crippen molar-refractivity contribution in [2.24, 2.45) is 5.92 Å². The summed E-state index contributed by atoms with van der Waals surface area (Å²) >= 11 is 0. The van der Waals surface area contributed by atoms with Crippen LogP contribution < -0.4 is 5.32 Å². The van der Waals surface area contributed by atoms with E-state index in [1.807, 2.05) is 6.07 Å². The normalized spacial score (nSPS) is 25.5. The van der Waals surface area contributed by atoms with Crippen LogP contribution in [-0.4, -0.2) is 58.4 Å². The number of benzene rings is 1. The summed E-state index contributed by atoms with van der Waals surface area (Å²) in [6.45, 7) is 1.84. The van der Waals surface area contributed by atoms with Crippen LogP contribution >= 0.6 is 0 Å². The first-order chi connectivity index (χ1) is 12.4. The van der Waals surface area contributed by atoms with Gasteiger partial charge in [-0.15, -0.1) is 0 Å². The van der Waals surface area contributed by atoms with E-state index in [4.69, 9.17) is 5.11 Å². The first-order valence-corrected chi connectivity index (χ1v) is 8.59. The average molecular weight is 359 g/mol. The number of carbonyl (C=O) groups excluding carboxylic acids is 3. The van der Waals surface area contributed by atoms with Gasteiger partial charge in [0.15, 0.2) is 0 Å². The van der Waals surface area contributed by atoms with Gasteiger partial charge in [-0.25, -0.2) is 4.79 Å². The minimum absolute atomic E-state index is 0.107. The summed E-state index contributed by atoms with van der Waals surface area (Å²) in [6, 6.07) is 8.33.